The van der Waals surface area contributed by atoms with E-state index in [9.17, 15) is 4.21 Å². The van der Waals surface area contributed by atoms with E-state index in [1.165, 1.54) is 0 Å². The second-order valence-electron chi connectivity index (χ2n) is 2.24. The normalized spacial score (nSPS) is 29.4. The van der Waals surface area contributed by atoms with Gasteiger partial charge in [-0.05, 0) is 6.08 Å². The first-order valence-corrected chi connectivity index (χ1v) is 4.49. The summed E-state index contributed by atoms with van der Waals surface area (Å²) in [6.07, 6.45) is 6.73. The van der Waals surface area contributed by atoms with Crippen LogP contribution in [0.1, 0.15) is 6.42 Å². The SMILES string of the molecule is O=S1CN=C2CC=CC=C21. The maximum atomic E-state index is 11.1. The molecule has 0 spiro atoms. The Labute approximate surface area is 61.8 Å². The second kappa shape index (κ2) is 2.16. The van der Waals surface area contributed by atoms with Crippen molar-refractivity contribution >= 4 is 16.5 Å². The Balaban J connectivity index is 2.46. The first-order valence-electron chi connectivity index (χ1n) is 3.17. The summed E-state index contributed by atoms with van der Waals surface area (Å²) in [6.45, 7) is 0. The molecule has 2 rings (SSSR count). The van der Waals surface area contributed by atoms with Crippen molar-refractivity contribution in [3.05, 3.63) is 23.1 Å². The van der Waals surface area contributed by atoms with Crippen LogP contribution >= 0.6 is 0 Å². The zero-order valence-electron chi connectivity index (χ0n) is 5.41. The van der Waals surface area contributed by atoms with Gasteiger partial charge >= 0.3 is 0 Å². The minimum Gasteiger partial charge on any atom is -0.274 e. The molecule has 0 saturated heterocycles. The van der Waals surface area contributed by atoms with Crippen molar-refractivity contribution in [3.63, 3.8) is 0 Å². The highest BCUT2D eigenvalue weighted by atomic mass is 32.2. The van der Waals surface area contributed by atoms with Gasteiger partial charge in [0.1, 0.15) is 5.88 Å². The number of rotatable bonds is 0. The fourth-order valence-electron chi connectivity index (χ4n) is 1.09. The number of hydrogen-bond donors (Lipinski definition) is 0. The van der Waals surface area contributed by atoms with E-state index in [1.807, 2.05) is 18.2 Å². The van der Waals surface area contributed by atoms with Crippen LogP contribution in [0.2, 0.25) is 0 Å². The van der Waals surface area contributed by atoms with E-state index in [2.05, 4.69) is 4.99 Å². The van der Waals surface area contributed by atoms with Crippen molar-refractivity contribution in [2.24, 2.45) is 4.99 Å². The molecule has 0 saturated carbocycles. The highest BCUT2D eigenvalue weighted by Crippen LogP contribution is 2.19. The number of nitrogens with zero attached hydrogens (tertiary/aromatic N) is 1. The zero-order valence-corrected chi connectivity index (χ0v) is 6.23. The first-order chi connectivity index (χ1) is 4.88. The van der Waals surface area contributed by atoms with Gasteiger partial charge in [0.05, 0.1) is 21.4 Å². The molecule has 0 aromatic rings. The van der Waals surface area contributed by atoms with E-state index < -0.39 is 10.8 Å². The van der Waals surface area contributed by atoms with Gasteiger partial charge in [-0.15, -0.1) is 0 Å². The molecule has 0 N–H and O–H groups in total. The number of hydrogen-bond acceptors (Lipinski definition) is 2. The number of allylic oxidation sites excluding steroid dienone is 4. The molecule has 1 heterocycles. The van der Waals surface area contributed by atoms with Gasteiger partial charge in [-0.3, -0.25) is 9.20 Å². The number of fused-ring (bicyclic) bond motifs is 1. The van der Waals surface area contributed by atoms with Gasteiger partial charge in [0.25, 0.3) is 0 Å². The summed E-state index contributed by atoms with van der Waals surface area (Å²) >= 11 is 0. The molecule has 1 aliphatic carbocycles. The minimum atomic E-state index is -0.833. The number of aliphatic imine (C=N–C) groups is 1. The van der Waals surface area contributed by atoms with Crippen molar-refractivity contribution in [2.75, 3.05) is 5.88 Å². The van der Waals surface area contributed by atoms with Crippen LogP contribution in [-0.4, -0.2) is 15.8 Å². The van der Waals surface area contributed by atoms with Crippen LogP contribution in [0, 0.1) is 0 Å². The Hall–Kier alpha value is -0.700. The fraction of sp³-hybridized carbons (Fsp3) is 0.286. The highest BCUT2D eigenvalue weighted by molar-refractivity contribution is 7.90. The van der Waals surface area contributed by atoms with E-state index in [4.69, 9.17) is 0 Å². The van der Waals surface area contributed by atoms with Crippen molar-refractivity contribution in [2.45, 2.75) is 6.42 Å². The van der Waals surface area contributed by atoms with E-state index in [0.29, 0.717) is 5.88 Å². The molecule has 1 aliphatic heterocycles. The molecule has 10 heavy (non-hydrogen) atoms. The largest absolute Gasteiger partial charge is 0.274 e. The predicted octanol–water partition coefficient (Wildman–Crippen LogP) is 0.991. The Morgan fingerprint density at radius 2 is 2.50 bits per heavy atom. The van der Waals surface area contributed by atoms with Gasteiger partial charge in [-0.2, -0.15) is 0 Å². The maximum Gasteiger partial charge on any atom is 0.119 e. The molecule has 0 bridgehead atoms. The molecule has 1 unspecified atom stereocenters. The Morgan fingerprint density at radius 1 is 1.60 bits per heavy atom. The summed E-state index contributed by atoms with van der Waals surface area (Å²) in [4.78, 5) is 5.07. The first kappa shape index (κ1) is 6.04. The quantitative estimate of drug-likeness (QED) is 0.510. The van der Waals surface area contributed by atoms with Crippen LogP contribution < -0.4 is 0 Å². The van der Waals surface area contributed by atoms with Crippen molar-refractivity contribution in [3.8, 4) is 0 Å². The third-order valence-electron chi connectivity index (χ3n) is 1.60. The van der Waals surface area contributed by atoms with Crippen LogP contribution in [0.4, 0.5) is 0 Å². The molecule has 3 heteroatoms. The Bertz CT molecular complexity index is 275. The summed E-state index contributed by atoms with van der Waals surface area (Å²) in [5, 5.41) is 0. The lowest BCUT2D eigenvalue weighted by Crippen LogP contribution is -2.01. The molecule has 0 amide bonds. The van der Waals surface area contributed by atoms with Crippen LogP contribution in [0.15, 0.2) is 28.1 Å². The van der Waals surface area contributed by atoms with Gasteiger partial charge in [0.15, 0.2) is 0 Å². The second-order valence-corrected chi connectivity index (χ2v) is 3.63. The lowest BCUT2D eigenvalue weighted by Gasteiger charge is -2.00. The van der Waals surface area contributed by atoms with Gasteiger partial charge < -0.3 is 0 Å². The van der Waals surface area contributed by atoms with Crippen LogP contribution in [0.25, 0.3) is 0 Å². The van der Waals surface area contributed by atoms with Crippen molar-refractivity contribution < 1.29 is 4.21 Å². The Kier molecular flexibility index (Phi) is 1.31. The molecule has 2 nitrogen and oxygen atoms in total. The minimum absolute atomic E-state index is 0.475. The molecule has 1 atom stereocenters. The Morgan fingerprint density at radius 3 is 3.30 bits per heavy atom. The van der Waals surface area contributed by atoms with E-state index >= 15 is 0 Å². The predicted molar refractivity (Wildman–Crippen MR) is 42.3 cm³/mol. The average Bonchev–Trinajstić information content (AvgIpc) is 2.34. The zero-order chi connectivity index (χ0) is 6.97. The standard InChI is InChI=1S/C7H7NOS/c9-10-5-8-6-3-1-2-4-7(6)10/h1-2,4H,3,5H2. The third-order valence-corrected chi connectivity index (χ3v) is 2.82. The van der Waals surface area contributed by atoms with Gasteiger partial charge in [-0.1, -0.05) is 12.2 Å². The molecule has 0 radical (unpaired) electrons. The lowest BCUT2D eigenvalue weighted by molar-refractivity contribution is 0.689. The molecule has 0 fully saturated rings. The summed E-state index contributed by atoms with van der Waals surface area (Å²) in [7, 11) is -0.833. The molecule has 2 aliphatic rings. The van der Waals surface area contributed by atoms with Gasteiger partial charge in [0.2, 0.25) is 0 Å². The highest BCUT2D eigenvalue weighted by Gasteiger charge is 2.20. The third kappa shape index (κ3) is 0.778. The van der Waals surface area contributed by atoms with E-state index in [-0.39, 0.29) is 0 Å². The van der Waals surface area contributed by atoms with Gasteiger partial charge in [0, 0.05) is 6.42 Å². The lowest BCUT2D eigenvalue weighted by atomic mass is 10.1. The fourth-order valence-corrected chi connectivity index (χ4v) is 2.14. The summed E-state index contributed by atoms with van der Waals surface area (Å²) < 4.78 is 11.1. The smallest absolute Gasteiger partial charge is 0.119 e. The summed E-state index contributed by atoms with van der Waals surface area (Å²) in [5.74, 6) is 0.475. The van der Waals surface area contributed by atoms with Crippen molar-refractivity contribution in [1.29, 1.82) is 0 Å². The molecule has 0 aromatic carbocycles. The molecular weight excluding hydrogens is 146 g/mol. The average molecular weight is 153 g/mol. The molecular formula is C7H7NOS. The van der Waals surface area contributed by atoms with E-state index in [0.717, 1.165) is 17.0 Å². The monoisotopic (exact) mass is 153 g/mol. The van der Waals surface area contributed by atoms with E-state index in [1.54, 1.807) is 0 Å². The molecule has 52 valence electrons. The molecule has 0 aromatic heterocycles. The van der Waals surface area contributed by atoms with Crippen LogP contribution in [0.5, 0.6) is 0 Å². The summed E-state index contributed by atoms with van der Waals surface area (Å²) in [6, 6.07) is 0. The van der Waals surface area contributed by atoms with Crippen LogP contribution in [0.3, 0.4) is 0 Å². The van der Waals surface area contributed by atoms with Crippen LogP contribution in [-0.2, 0) is 10.8 Å². The maximum absolute atomic E-state index is 11.1. The summed E-state index contributed by atoms with van der Waals surface area (Å²) in [5.41, 5.74) is 1.01. The van der Waals surface area contributed by atoms with Gasteiger partial charge in [-0.25, -0.2) is 0 Å². The topological polar surface area (TPSA) is 29.4 Å². The van der Waals surface area contributed by atoms with Crippen molar-refractivity contribution in [1.82, 2.24) is 0 Å².